The minimum Gasteiger partial charge on any atom is -0.465 e. The number of benzene rings is 1. The van der Waals surface area contributed by atoms with Gasteiger partial charge in [0, 0.05) is 17.0 Å². The number of esters is 1. The Kier molecular flexibility index (Phi) is 6.62. The molecule has 0 fully saturated rings. The molecule has 0 amide bonds. The molecule has 0 atom stereocenters. The molecule has 0 radical (unpaired) electrons. The number of nitrogen functional groups attached to an aromatic ring is 1. The maximum absolute atomic E-state index is 12.3. The van der Waals surface area contributed by atoms with Gasteiger partial charge in [-0.15, -0.1) is 11.3 Å². The van der Waals surface area contributed by atoms with E-state index < -0.39 is 0 Å². The van der Waals surface area contributed by atoms with E-state index in [4.69, 9.17) is 10.5 Å². The Labute approximate surface area is 154 Å². The smallest absolute Gasteiger partial charge is 0.341 e. The number of rotatable bonds is 7. The van der Waals surface area contributed by atoms with Gasteiger partial charge in [-0.05, 0) is 30.1 Å². The van der Waals surface area contributed by atoms with Gasteiger partial charge in [-0.3, -0.25) is 4.90 Å². The highest BCUT2D eigenvalue weighted by Gasteiger charge is 2.25. The molecule has 2 rings (SSSR count). The summed E-state index contributed by atoms with van der Waals surface area (Å²) in [5.74, 6) is 0.0966. The molecule has 2 aromatic rings. The predicted molar refractivity (Wildman–Crippen MR) is 106 cm³/mol. The zero-order valence-electron chi connectivity index (χ0n) is 15.8. The van der Waals surface area contributed by atoms with Crippen LogP contribution in [-0.2, 0) is 11.3 Å². The van der Waals surface area contributed by atoms with Crippen molar-refractivity contribution >= 4 is 22.3 Å². The second kappa shape index (κ2) is 8.50. The van der Waals surface area contributed by atoms with E-state index in [-0.39, 0.29) is 5.97 Å². The van der Waals surface area contributed by atoms with E-state index in [2.05, 4.69) is 56.9 Å². The van der Waals surface area contributed by atoms with Crippen molar-refractivity contribution in [3.63, 3.8) is 0 Å². The molecule has 0 aliphatic carbocycles. The zero-order valence-corrected chi connectivity index (χ0v) is 16.6. The van der Waals surface area contributed by atoms with Crippen LogP contribution in [-0.4, -0.2) is 31.1 Å². The second-order valence-electron chi connectivity index (χ2n) is 6.37. The summed E-state index contributed by atoms with van der Waals surface area (Å²) in [6.07, 6.45) is 0. The van der Waals surface area contributed by atoms with E-state index in [0.717, 1.165) is 35.6 Å². The second-order valence-corrected chi connectivity index (χ2v) is 7.51. The number of methoxy groups -OCH3 is 1. The fourth-order valence-corrected chi connectivity index (χ4v) is 4.03. The van der Waals surface area contributed by atoms with Gasteiger partial charge in [0.05, 0.1) is 7.11 Å². The maximum atomic E-state index is 12.3. The Balaban J connectivity index is 2.56. The van der Waals surface area contributed by atoms with Gasteiger partial charge in [0.1, 0.15) is 10.6 Å². The monoisotopic (exact) mass is 360 g/mol. The average molecular weight is 361 g/mol. The summed E-state index contributed by atoms with van der Waals surface area (Å²) in [5.41, 5.74) is 9.89. The fraction of sp³-hybridized carbons (Fsp3) is 0.450. The number of thiophene rings is 1. The van der Waals surface area contributed by atoms with E-state index in [9.17, 15) is 4.79 Å². The lowest BCUT2D eigenvalue weighted by Crippen LogP contribution is -2.22. The number of carbonyl (C=O) groups excluding carboxylic acids is 1. The van der Waals surface area contributed by atoms with E-state index >= 15 is 0 Å². The van der Waals surface area contributed by atoms with Crippen molar-refractivity contribution in [1.82, 2.24) is 4.90 Å². The first-order valence-corrected chi connectivity index (χ1v) is 9.56. The topological polar surface area (TPSA) is 55.6 Å². The molecule has 5 heteroatoms. The predicted octanol–water partition coefficient (Wildman–Crippen LogP) is 4.75. The van der Waals surface area contributed by atoms with Crippen molar-refractivity contribution in [2.45, 2.75) is 40.2 Å². The van der Waals surface area contributed by atoms with Crippen LogP contribution in [0.2, 0.25) is 0 Å². The highest BCUT2D eigenvalue weighted by molar-refractivity contribution is 7.17. The van der Waals surface area contributed by atoms with Crippen LogP contribution in [0.4, 0.5) is 5.00 Å². The van der Waals surface area contributed by atoms with Crippen LogP contribution >= 0.6 is 11.3 Å². The summed E-state index contributed by atoms with van der Waals surface area (Å²) in [7, 11) is 1.40. The molecular weight excluding hydrogens is 332 g/mol. The minimum atomic E-state index is -0.373. The molecule has 1 heterocycles. The van der Waals surface area contributed by atoms with Gasteiger partial charge in [0.2, 0.25) is 0 Å². The van der Waals surface area contributed by atoms with Crippen molar-refractivity contribution in [1.29, 1.82) is 0 Å². The number of nitrogens with zero attached hydrogens (tertiary/aromatic N) is 1. The Morgan fingerprint density at radius 1 is 1.20 bits per heavy atom. The van der Waals surface area contributed by atoms with Gasteiger partial charge in [-0.1, -0.05) is 52.0 Å². The van der Waals surface area contributed by atoms with Crippen LogP contribution in [0, 0.1) is 0 Å². The standard InChI is InChI=1S/C20H28N2O2S/c1-6-22(7-2)12-16-17(18(19(21)25-16)20(23)24-5)15-10-8-14(9-11-15)13(3)4/h8-11,13H,6-7,12,21H2,1-5H3. The minimum absolute atomic E-state index is 0.373. The van der Waals surface area contributed by atoms with Crippen LogP contribution in [0.25, 0.3) is 11.1 Å². The number of nitrogens with two attached hydrogens (primary N) is 1. The van der Waals surface area contributed by atoms with Gasteiger partial charge in [-0.25, -0.2) is 4.79 Å². The van der Waals surface area contributed by atoms with E-state index in [1.54, 1.807) is 0 Å². The van der Waals surface area contributed by atoms with Crippen LogP contribution in [0.1, 0.15) is 54.4 Å². The molecule has 4 nitrogen and oxygen atoms in total. The molecule has 1 aromatic heterocycles. The Morgan fingerprint density at radius 3 is 2.28 bits per heavy atom. The average Bonchev–Trinajstić information content (AvgIpc) is 2.94. The third-order valence-electron chi connectivity index (χ3n) is 4.53. The molecule has 25 heavy (non-hydrogen) atoms. The lowest BCUT2D eigenvalue weighted by Gasteiger charge is -2.18. The van der Waals surface area contributed by atoms with Gasteiger partial charge < -0.3 is 10.5 Å². The number of anilines is 1. The SMILES string of the molecule is CCN(CC)Cc1sc(N)c(C(=O)OC)c1-c1ccc(C(C)C)cc1. The summed E-state index contributed by atoms with van der Waals surface area (Å²) in [6, 6.07) is 8.40. The number of carbonyl (C=O) groups is 1. The number of hydrogen-bond donors (Lipinski definition) is 1. The maximum Gasteiger partial charge on any atom is 0.341 e. The fourth-order valence-electron chi connectivity index (χ4n) is 2.90. The third-order valence-corrected chi connectivity index (χ3v) is 5.53. The molecule has 0 bridgehead atoms. The third kappa shape index (κ3) is 4.22. The van der Waals surface area contributed by atoms with Gasteiger partial charge in [0.25, 0.3) is 0 Å². The van der Waals surface area contributed by atoms with Crippen molar-refractivity contribution in [3.05, 3.63) is 40.3 Å². The highest BCUT2D eigenvalue weighted by Crippen LogP contribution is 2.40. The highest BCUT2D eigenvalue weighted by atomic mass is 32.1. The molecule has 0 saturated carbocycles. The quantitative estimate of drug-likeness (QED) is 0.724. The molecule has 0 spiro atoms. The molecular formula is C20H28N2O2S. The Hall–Kier alpha value is -1.85. The summed E-state index contributed by atoms with van der Waals surface area (Å²) in [6.45, 7) is 11.3. The largest absolute Gasteiger partial charge is 0.465 e. The molecule has 0 unspecified atom stereocenters. The lowest BCUT2D eigenvalue weighted by molar-refractivity contribution is 0.0603. The Bertz CT molecular complexity index is 716. The van der Waals surface area contributed by atoms with Crippen LogP contribution < -0.4 is 5.73 Å². The van der Waals surface area contributed by atoms with Crippen LogP contribution in [0.3, 0.4) is 0 Å². The summed E-state index contributed by atoms with van der Waals surface area (Å²) < 4.78 is 4.99. The molecule has 136 valence electrons. The first-order valence-electron chi connectivity index (χ1n) is 8.74. The molecule has 0 aliphatic rings. The first kappa shape index (κ1) is 19.5. The van der Waals surface area contributed by atoms with Crippen molar-refractivity contribution in [3.8, 4) is 11.1 Å². The van der Waals surface area contributed by atoms with Crippen LogP contribution in [0.5, 0.6) is 0 Å². The molecule has 1 aromatic carbocycles. The summed E-state index contributed by atoms with van der Waals surface area (Å²) in [4.78, 5) is 15.8. The van der Waals surface area contributed by atoms with Gasteiger partial charge >= 0.3 is 5.97 Å². The number of ether oxygens (including phenoxy) is 1. The van der Waals surface area contributed by atoms with Crippen molar-refractivity contribution < 1.29 is 9.53 Å². The van der Waals surface area contributed by atoms with Crippen molar-refractivity contribution in [2.75, 3.05) is 25.9 Å². The molecule has 2 N–H and O–H groups in total. The molecule has 0 aliphatic heterocycles. The zero-order chi connectivity index (χ0) is 18.6. The normalized spacial score (nSPS) is 11.3. The Morgan fingerprint density at radius 2 is 1.80 bits per heavy atom. The first-order chi connectivity index (χ1) is 11.9. The summed E-state index contributed by atoms with van der Waals surface area (Å²) >= 11 is 1.48. The van der Waals surface area contributed by atoms with E-state index in [0.29, 0.717) is 16.5 Å². The van der Waals surface area contributed by atoms with Crippen LogP contribution in [0.15, 0.2) is 24.3 Å². The molecule has 0 saturated heterocycles. The van der Waals surface area contributed by atoms with Crippen molar-refractivity contribution in [2.24, 2.45) is 0 Å². The van der Waals surface area contributed by atoms with E-state index in [1.165, 1.54) is 24.0 Å². The van der Waals surface area contributed by atoms with E-state index in [1.807, 2.05) is 0 Å². The number of hydrogen-bond acceptors (Lipinski definition) is 5. The lowest BCUT2D eigenvalue weighted by atomic mass is 9.96. The summed E-state index contributed by atoms with van der Waals surface area (Å²) in [5, 5.41) is 0.525. The van der Waals surface area contributed by atoms with Gasteiger partial charge in [-0.2, -0.15) is 0 Å². The van der Waals surface area contributed by atoms with Gasteiger partial charge in [0.15, 0.2) is 0 Å².